The predicted octanol–water partition coefficient (Wildman–Crippen LogP) is 1.95. The van der Waals surface area contributed by atoms with Gasteiger partial charge >= 0.3 is 12.1 Å². The van der Waals surface area contributed by atoms with Crippen molar-refractivity contribution in [2.45, 2.75) is 59.1 Å². The normalized spacial score (nSPS) is 18.5. The number of carbonyl (C=O) groups excluding carboxylic acids is 3. The fourth-order valence-electron chi connectivity index (χ4n) is 2.96. The van der Waals surface area contributed by atoms with Gasteiger partial charge in [0.1, 0.15) is 11.6 Å². The fourth-order valence-corrected chi connectivity index (χ4v) is 2.96. The summed E-state index contributed by atoms with van der Waals surface area (Å²) >= 11 is 0. The molecule has 0 bridgehead atoms. The number of rotatable bonds is 4. The Hall–Kier alpha value is -1.79. The van der Waals surface area contributed by atoms with Crippen molar-refractivity contribution in [3.63, 3.8) is 0 Å². The standard InChI is InChI=1S/C17H30N2O5/c1-11(14(15(21)23-6)18-12(2)20)13-7-9-19(10-8-13)16(22)24-17(3,4)5/h11,13-14H,7-10H2,1-6H3,(H,18,20). The van der Waals surface area contributed by atoms with Crippen molar-refractivity contribution in [2.24, 2.45) is 11.8 Å². The number of hydrogen-bond donors (Lipinski definition) is 1. The molecule has 0 aromatic carbocycles. The van der Waals surface area contributed by atoms with Gasteiger partial charge in [-0.2, -0.15) is 0 Å². The van der Waals surface area contributed by atoms with Gasteiger partial charge in [-0.05, 0) is 45.4 Å². The molecule has 1 saturated heterocycles. The van der Waals surface area contributed by atoms with E-state index in [9.17, 15) is 14.4 Å². The predicted molar refractivity (Wildman–Crippen MR) is 89.3 cm³/mol. The lowest BCUT2D eigenvalue weighted by molar-refractivity contribution is -0.147. The van der Waals surface area contributed by atoms with E-state index in [0.29, 0.717) is 13.1 Å². The van der Waals surface area contributed by atoms with Crippen molar-refractivity contribution in [1.29, 1.82) is 0 Å². The average Bonchev–Trinajstić information content (AvgIpc) is 2.49. The molecule has 1 aliphatic heterocycles. The van der Waals surface area contributed by atoms with Gasteiger partial charge in [0.05, 0.1) is 7.11 Å². The Morgan fingerprint density at radius 3 is 2.12 bits per heavy atom. The van der Waals surface area contributed by atoms with E-state index >= 15 is 0 Å². The molecule has 0 aromatic rings. The molecule has 1 aliphatic rings. The van der Waals surface area contributed by atoms with E-state index in [1.165, 1.54) is 14.0 Å². The summed E-state index contributed by atoms with van der Waals surface area (Å²) in [5.41, 5.74) is -0.511. The Morgan fingerprint density at radius 1 is 1.17 bits per heavy atom. The monoisotopic (exact) mass is 342 g/mol. The lowest BCUT2D eigenvalue weighted by Gasteiger charge is -2.37. The number of likely N-dealkylation sites (tertiary alicyclic amines) is 1. The summed E-state index contributed by atoms with van der Waals surface area (Å²) in [5, 5.41) is 2.67. The van der Waals surface area contributed by atoms with Gasteiger partial charge in [0.15, 0.2) is 0 Å². The quantitative estimate of drug-likeness (QED) is 0.789. The zero-order valence-corrected chi connectivity index (χ0v) is 15.5. The third-order valence-corrected chi connectivity index (χ3v) is 4.27. The molecule has 2 amide bonds. The van der Waals surface area contributed by atoms with Crippen LogP contribution in [-0.2, 0) is 19.1 Å². The Labute approximate surface area is 144 Å². The summed E-state index contributed by atoms with van der Waals surface area (Å²) in [6.07, 6.45) is 1.21. The third kappa shape index (κ3) is 6.02. The molecule has 138 valence electrons. The summed E-state index contributed by atoms with van der Waals surface area (Å²) in [6, 6.07) is -0.662. The van der Waals surface area contributed by atoms with Gasteiger partial charge in [-0.1, -0.05) is 6.92 Å². The summed E-state index contributed by atoms with van der Waals surface area (Å²) < 4.78 is 10.2. The smallest absolute Gasteiger partial charge is 0.410 e. The minimum atomic E-state index is -0.662. The molecule has 7 heteroatoms. The van der Waals surface area contributed by atoms with E-state index in [2.05, 4.69) is 5.32 Å². The molecule has 1 N–H and O–H groups in total. The van der Waals surface area contributed by atoms with Crippen LogP contribution in [0.1, 0.15) is 47.5 Å². The van der Waals surface area contributed by atoms with Crippen LogP contribution >= 0.6 is 0 Å². The van der Waals surface area contributed by atoms with Crippen LogP contribution in [0.4, 0.5) is 4.79 Å². The summed E-state index contributed by atoms with van der Waals surface area (Å²) in [6.45, 7) is 10.0. The van der Waals surface area contributed by atoms with E-state index in [1.54, 1.807) is 4.90 Å². The summed E-state index contributed by atoms with van der Waals surface area (Å²) in [4.78, 5) is 37.1. The van der Waals surface area contributed by atoms with Crippen molar-refractivity contribution >= 4 is 18.0 Å². The summed E-state index contributed by atoms with van der Waals surface area (Å²) in [5.74, 6) is -0.544. The first-order chi connectivity index (χ1) is 11.0. The highest BCUT2D eigenvalue weighted by atomic mass is 16.6. The zero-order valence-electron chi connectivity index (χ0n) is 15.5. The van der Waals surface area contributed by atoms with Crippen LogP contribution in [0.15, 0.2) is 0 Å². The topological polar surface area (TPSA) is 84.9 Å². The van der Waals surface area contributed by atoms with E-state index in [-0.39, 0.29) is 23.8 Å². The Kier molecular flexibility index (Phi) is 7.05. The highest BCUT2D eigenvalue weighted by molar-refractivity contribution is 5.83. The lowest BCUT2D eigenvalue weighted by Crippen LogP contribution is -2.49. The summed E-state index contributed by atoms with van der Waals surface area (Å²) in [7, 11) is 1.31. The van der Waals surface area contributed by atoms with Gasteiger partial charge in [0.2, 0.25) is 5.91 Å². The Bertz CT molecular complexity index is 464. The fraction of sp³-hybridized carbons (Fsp3) is 0.824. The van der Waals surface area contributed by atoms with Crippen LogP contribution in [0, 0.1) is 11.8 Å². The van der Waals surface area contributed by atoms with Gasteiger partial charge in [-0.25, -0.2) is 9.59 Å². The van der Waals surface area contributed by atoms with Crippen LogP contribution in [-0.4, -0.2) is 54.7 Å². The second kappa shape index (κ2) is 8.35. The van der Waals surface area contributed by atoms with Crippen molar-refractivity contribution < 1.29 is 23.9 Å². The van der Waals surface area contributed by atoms with Crippen molar-refractivity contribution in [2.75, 3.05) is 20.2 Å². The number of hydrogen-bond acceptors (Lipinski definition) is 5. The van der Waals surface area contributed by atoms with E-state index in [0.717, 1.165) is 12.8 Å². The molecule has 0 aliphatic carbocycles. The molecule has 2 atom stereocenters. The van der Waals surface area contributed by atoms with Crippen LogP contribution in [0.3, 0.4) is 0 Å². The highest BCUT2D eigenvalue weighted by Gasteiger charge is 2.35. The van der Waals surface area contributed by atoms with Crippen molar-refractivity contribution in [1.82, 2.24) is 10.2 Å². The van der Waals surface area contributed by atoms with E-state index in [4.69, 9.17) is 9.47 Å². The average molecular weight is 342 g/mol. The maximum atomic E-state index is 12.1. The maximum absolute atomic E-state index is 12.1. The number of esters is 1. The molecule has 1 heterocycles. The number of methoxy groups -OCH3 is 1. The highest BCUT2D eigenvalue weighted by Crippen LogP contribution is 2.28. The second-order valence-corrected chi connectivity index (χ2v) is 7.37. The number of amides is 2. The lowest BCUT2D eigenvalue weighted by atomic mass is 9.81. The van der Waals surface area contributed by atoms with Gasteiger partial charge in [-0.3, -0.25) is 4.79 Å². The maximum Gasteiger partial charge on any atom is 0.410 e. The Balaban J connectivity index is 2.63. The number of nitrogens with zero attached hydrogens (tertiary/aromatic N) is 1. The number of ether oxygens (including phenoxy) is 2. The largest absolute Gasteiger partial charge is 0.467 e. The first-order valence-corrected chi connectivity index (χ1v) is 8.38. The molecular weight excluding hydrogens is 312 g/mol. The van der Waals surface area contributed by atoms with Gasteiger partial charge in [-0.15, -0.1) is 0 Å². The number of piperidine rings is 1. The van der Waals surface area contributed by atoms with Gasteiger partial charge < -0.3 is 19.7 Å². The third-order valence-electron chi connectivity index (χ3n) is 4.27. The molecule has 24 heavy (non-hydrogen) atoms. The molecule has 7 nitrogen and oxygen atoms in total. The van der Waals surface area contributed by atoms with Crippen molar-refractivity contribution in [3.05, 3.63) is 0 Å². The molecule has 1 fully saturated rings. The first kappa shape index (κ1) is 20.3. The van der Waals surface area contributed by atoms with Crippen LogP contribution < -0.4 is 5.32 Å². The van der Waals surface area contributed by atoms with Crippen LogP contribution in [0.5, 0.6) is 0 Å². The number of nitrogens with one attached hydrogen (secondary N) is 1. The molecule has 0 spiro atoms. The van der Waals surface area contributed by atoms with E-state index in [1.807, 2.05) is 27.7 Å². The number of carbonyl (C=O) groups is 3. The Morgan fingerprint density at radius 2 is 1.71 bits per heavy atom. The molecule has 2 unspecified atom stereocenters. The van der Waals surface area contributed by atoms with Crippen LogP contribution in [0.25, 0.3) is 0 Å². The zero-order chi connectivity index (χ0) is 18.5. The van der Waals surface area contributed by atoms with Gasteiger partial charge in [0, 0.05) is 20.0 Å². The molecular formula is C17H30N2O5. The van der Waals surface area contributed by atoms with E-state index < -0.39 is 17.6 Å². The van der Waals surface area contributed by atoms with Gasteiger partial charge in [0.25, 0.3) is 0 Å². The molecule has 0 saturated carbocycles. The second-order valence-electron chi connectivity index (χ2n) is 7.37. The SMILES string of the molecule is COC(=O)C(NC(C)=O)C(C)C1CCN(C(=O)OC(C)(C)C)CC1. The van der Waals surface area contributed by atoms with Crippen LogP contribution in [0.2, 0.25) is 0 Å². The molecule has 0 aromatic heterocycles. The minimum Gasteiger partial charge on any atom is -0.467 e. The molecule has 0 radical (unpaired) electrons. The van der Waals surface area contributed by atoms with Crippen molar-refractivity contribution in [3.8, 4) is 0 Å². The first-order valence-electron chi connectivity index (χ1n) is 8.38. The molecule has 1 rings (SSSR count). The minimum absolute atomic E-state index is 0.0675.